The number of carbonyl (C=O) groups excluding carboxylic acids is 1. The van der Waals surface area contributed by atoms with E-state index < -0.39 is 58.8 Å². The number of allylic oxidation sites excluding steroid dienone is 2. The first-order valence-corrected chi connectivity index (χ1v) is 18.6. The number of rotatable bonds is 9. The van der Waals surface area contributed by atoms with Crippen molar-refractivity contribution in [2.75, 3.05) is 23.5 Å². The molecule has 0 radical (unpaired) electrons. The average Bonchev–Trinajstić information content (AvgIpc) is 3.31. The zero-order valence-electron chi connectivity index (χ0n) is 27.1. The molecule has 12 nitrogen and oxygen atoms in total. The molecule has 0 aliphatic carbocycles. The lowest BCUT2D eigenvalue weighted by Crippen LogP contribution is -2.45. The number of oxime groups is 2. The molecule has 3 heterocycles. The maximum Gasteiger partial charge on any atom is 0.286 e. The SMILES string of the molecule is CC(F)(F)C1=NOC(COc2ccc(CN3C(=O)[C@@H](N)CS(=O)(=O)c4cc(F)c(C5=NOC(C(C)(C)S(C)(=O)=O)=CC5)cc43)cc2)=CCC1. The van der Waals surface area contributed by atoms with Gasteiger partial charge in [-0.3, -0.25) is 4.79 Å². The van der Waals surface area contributed by atoms with Gasteiger partial charge in [0.15, 0.2) is 31.2 Å². The number of amides is 1. The third-order valence-electron chi connectivity index (χ3n) is 8.40. The summed E-state index contributed by atoms with van der Waals surface area (Å²) in [5.74, 6) is -4.80. The van der Waals surface area contributed by atoms with Crippen LogP contribution in [-0.2, 0) is 40.7 Å². The fraction of sp³-hybridized carbons (Fsp3) is 0.406. The number of sulfone groups is 2. The molecule has 3 aliphatic rings. The number of carbonyl (C=O) groups is 1. The van der Waals surface area contributed by atoms with Crippen molar-refractivity contribution in [2.24, 2.45) is 16.0 Å². The first kappa shape index (κ1) is 36.1. The summed E-state index contributed by atoms with van der Waals surface area (Å²) in [6, 6.07) is 7.01. The molecule has 2 aromatic rings. The molecule has 3 aliphatic heterocycles. The van der Waals surface area contributed by atoms with Crippen molar-refractivity contribution in [3.63, 3.8) is 0 Å². The number of fused-ring (bicyclic) bond motifs is 1. The molecule has 0 bridgehead atoms. The average molecular weight is 725 g/mol. The van der Waals surface area contributed by atoms with Crippen molar-refractivity contribution >= 4 is 42.7 Å². The van der Waals surface area contributed by atoms with Crippen molar-refractivity contribution < 1.29 is 49.2 Å². The normalized spacial score (nSPS) is 20.0. The summed E-state index contributed by atoms with van der Waals surface area (Å²) in [4.78, 5) is 24.7. The molecule has 2 aromatic carbocycles. The molecule has 1 atom stereocenters. The lowest BCUT2D eigenvalue weighted by molar-refractivity contribution is -0.119. The highest BCUT2D eigenvalue weighted by atomic mass is 32.2. The Morgan fingerprint density at radius 1 is 1.08 bits per heavy atom. The largest absolute Gasteiger partial charge is 0.486 e. The predicted molar refractivity (Wildman–Crippen MR) is 175 cm³/mol. The summed E-state index contributed by atoms with van der Waals surface area (Å²) in [7, 11) is -7.80. The fourth-order valence-electron chi connectivity index (χ4n) is 5.15. The van der Waals surface area contributed by atoms with Gasteiger partial charge in [0.2, 0.25) is 5.91 Å². The van der Waals surface area contributed by atoms with Gasteiger partial charge in [0.1, 0.15) is 28.6 Å². The van der Waals surface area contributed by atoms with Crippen LogP contribution in [0.1, 0.15) is 51.2 Å². The Kier molecular flexibility index (Phi) is 9.75. The van der Waals surface area contributed by atoms with Crippen LogP contribution in [0, 0.1) is 5.82 Å². The second kappa shape index (κ2) is 13.2. The molecule has 2 N–H and O–H groups in total. The summed E-state index contributed by atoms with van der Waals surface area (Å²) < 4.78 is 98.0. The van der Waals surface area contributed by atoms with Crippen LogP contribution in [0.2, 0.25) is 0 Å². The van der Waals surface area contributed by atoms with Gasteiger partial charge >= 0.3 is 0 Å². The highest BCUT2D eigenvalue weighted by Crippen LogP contribution is 2.36. The highest BCUT2D eigenvalue weighted by Gasteiger charge is 2.40. The maximum absolute atomic E-state index is 15.5. The Morgan fingerprint density at radius 3 is 2.39 bits per heavy atom. The zero-order chi connectivity index (χ0) is 35.9. The third kappa shape index (κ3) is 7.68. The fourth-order valence-corrected chi connectivity index (χ4v) is 7.20. The van der Waals surface area contributed by atoms with Crippen LogP contribution in [0.25, 0.3) is 0 Å². The van der Waals surface area contributed by atoms with Crippen LogP contribution in [0.5, 0.6) is 5.75 Å². The second-order valence-corrected chi connectivity index (χ2v) is 17.0. The van der Waals surface area contributed by atoms with Crippen molar-refractivity contribution in [1.82, 2.24) is 0 Å². The van der Waals surface area contributed by atoms with Gasteiger partial charge in [0.25, 0.3) is 5.92 Å². The topological polar surface area (TPSA) is 167 Å². The minimum absolute atomic E-state index is 0.0355. The number of ether oxygens (including phenoxy) is 1. The van der Waals surface area contributed by atoms with Gasteiger partial charge in [-0.15, -0.1) is 0 Å². The molecule has 0 fully saturated rings. The number of alkyl halides is 2. The Labute approximate surface area is 281 Å². The van der Waals surface area contributed by atoms with Gasteiger partial charge in [-0.25, -0.2) is 30.0 Å². The van der Waals surface area contributed by atoms with Crippen molar-refractivity contribution in [1.29, 1.82) is 0 Å². The van der Waals surface area contributed by atoms with Crippen LogP contribution in [-0.4, -0.2) is 69.5 Å². The number of hydrogen-bond donors (Lipinski definition) is 1. The van der Waals surface area contributed by atoms with Gasteiger partial charge in [-0.05, 0) is 68.7 Å². The summed E-state index contributed by atoms with van der Waals surface area (Å²) in [6.07, 6.45) is 4.43. The molecule has 0 aromatic heterocycles. The van der Waals surface area contributed by atoms with Gasteiger partial charge in [-0.2, -0.15) is 0 Å². The van der Waals surface area contributed by atoms with Crippen molar-refractivity contribution in [3.05, 3.63) is 77.0 Å². The summed E-state index contributed by atoms with van der Waals surface area (Å²) in [5.41, 5.74) is 5.98. The molecule has 264 valence electrons. The van der Waals surface area contributed by atoms with Crippen LogP contribution in [0.3, 0.4) is 0 Å². The number of benzene rings is 2. The molecule has 0 spiro atoms. The molecular formula is C32H35F3N4O8S2. The van der Waals surface area contributed by atoms with Gasteiger partial charge in [0, 0.05) is 25.2 Å². The second-order valence-electron chi connectivity index (χ2n) is 12.5. The molecule has 0 saturated carbocycles. The number of nitrogens with zero attached hydrogens (tertiary/aromatic N) is 3. The number of halogens is 3. The van der Waals surface area contributed by atoms with E-state index in [9.17, 15) is 30.4 Å². The number of anilines is 1. The lowest BCUT2D eigenvalue weighted by Gasteiger charge is -2.27. The lowest BCUT2D eigenvalue weighted by atomic mass is 10.0. The van der Waals surface area contributed by atoms with E-state index in [1.54, 1.807) is 30.3 Å². The molecule has 49 heavy (non-hydrogen) atoms. The summed E-state index contributed by atoms with van der Waals surface area (Å²) in [5, 5.41) is 7.50. The van der Waals surface area contributed by atoms with Crippen molar-refractivity contribution in [3.8, 4) is 5.75 Å². The first-order chi connectivity index (χ1) is 22.8. The standard InChI is InChI=1S/C32H35F3N4O8S2/c1-31(2,48(4,41)42)29-13-12-25(37-47-29)22-14-26-27(15-23(22)33)49(43,44)18-24(36)30(40)39(26)16-19-8-10-20(11-9-19)45-17-21-6-5-7-28(38-46-21)32(3,34)35/h6,8-11,13-15,24H,5,7,12,16-18,36H2,1-4H3/t24-/m0/s1. The molecule has 17 heteroatoms. The highest BCUT2D eigenvalue weighted by molar-refractivity contribution is 7.92. The Morgan fingerprint density at radius 2 is 1.78 bits per heavy atom. The van der Waals surface area contributed by atoms with Crippen LogP contribution in [0.4, 0.5) is 18.9 Å². The van der Waals surface area contributed by atoms with Crippen LogP contribution < -0.4 is 15.4 Å². The monoisotopic (exact) mass is 724 g/mol. The van der Waals surface area contributed by atoms with Gasteiger partial charge in [0.05, 0.1) is 34.6 Å². The Balaban J connectivity index is 1.38. The predicted octanol–water partition coefficient (Wildman–Crippen LogP) is 4.39. The molecular weight excluding hydrogens is 690 g/mol. The van der Waals surface area contributed by atoms with E-state index in [2.05, 4.69) is 10.3 Å². The maximum atomic E-state index is 15.5. The summed E-state index contributed by atoms with van der Waals surface area (Å²) in [6.45, 7) is 3.41. The van der Waals surface area contributed by atoms with Crippen LogP contribution >= 0.6 is 0 Å². The Hall–Kier alpha value is -4.22. The summed E-state index contributed by atoms with van der Waals surface area (Å²) >= 11 is 0. The van der Waals surface area contributed by atoms with E-state index in [1.165, 1.54) is 26.0 Å². The minimum atomic E-state index is -4.20. The molecule has 5 rings (SSSR count). The Bertz CT molecular complexity index is 2000. The van der Waals surface area contributed by atoms with E-state index >= 15 is 4.39 Å². The van der Waals surface area contributed by atoms with E-state index in [4.69, 9.17) is 20.1 Å². The first-order valence-electron chi connectivity index (χ1n) is 15.1. The number of hydrogen-bond acceptors (Lipinski definition) is 11. The smallest absolute Gasteiger partial charge is 0.286 e. The zero-order valence-corrected chi connectivity index (χ0v) is 28.7. The van der Waals surface area contributed by atoms with E-state index in [1.807, 2.05) is 0 Å². The van der Waals surface area contributed by atoms with E-state index in [0.717, 1.165) is 24.1 Å². The minimum Gasteiger partial charge on any atom is -0.486 e. The molecule has 1 amide bonds. The van der Waals surface area contributed by atoms with E-state index in [0.29, 0.717) is 17.7 Å². The van der Waals surface area contributed by atoms with Crippen LogP contribution in [0.15, 0.2) is 75.3 Å². The van der Waals surface area contributed by atoms with Gasteiger partial charge < -0.3 is 25.0 Å². The molecule has 0 unspecified atom stereocenters. The number of nitrogens with two attached hydrogens (primary N) is 1. The third-order valence-corrected chi connectivity index (χ3v) is 12.3. The van der Waals surface area contributed by atoms with E-state index in [-0.39, 0.29) is 60.2 Å². The van der Waals surface area contributed by atoms with Crippen molar-refractivity contribution in [2.45, 2.75) is 68.2 Å². The van der Waals surface area contributed by atoms with Gasteiger partial charge in [-0.1, -0.05) is 22.4 Å². The molecule has 0 saturated heterocycles. The quantitative estimate of drug-likeness (QED) is 0.395.